The molecule has 0 aliphatic rings. The first-order chi connectivity index (χ1) is 9.08. The number of hydrogen-bond donors (Lipinski definition) is 3. The highest BCUT2D eigenvalue weighted by Gasteiger charge is 2.10. The number of rotatable bonds is 4. The molecule has 1 heterocycles. The number of nitrogens with zero attached hydrogens (tertiary/aromatic N) is 2. The summed E-state index contributed by atoms with van der Waals surface area (Å²) in [5.41, 5.74) is 7.45. The monoisotopic (exact) mass is 258 g/mol. The Morgan fingerprint density at radius 1 is 1.21 bits per heavy atom. The molecule has 1 aromatic carbocycles. The molecule has 5 nitrogen and oxygen atoms in total. The molecule has 0 saturated carbocycles. The minimum Gasteiger partial charge on any atom is -0.387 e. The van der Waals surface area contributed by atoms with E-state index >= 15 is 0 Å². The van der Waals surface area contributed by atoms with Gasteiger partial charge in [-0.3, -0.25) is 0 Å². The summed E-state index contributed by atoms with van der Waals surface area (Å²) in [7, 11) is 0. The normalized spacial score (nSPS) is 12.2. The van der Waals surface area contributed by atoms with E-state index in [4.69, 9.17) is 5.73 Å². The molecule has 0 aliphatic heterocycles. The van der Waals surface area contributed by atoms with E-state index in [1.54, 1.807) is 6.92 Å². The number of aromatic nitrogens is 2. The van der Waals surface area contributed by atoms with Gasteiger partial charge in [0.2, 0.25) is 0 Å². The molecule has 0 amide bonds. The lowest BCUT2D eigenvalue weighted by Crippen LogP contribution is -2.15. The van der Waals surface area contributed by atoms with Crippen LogP contribution in [0.25, 0.3) is 0 Å². The number of aliphatic hydroxyl groups is 1. The first kappa shape index (κ1) is 13.3. The van der Waals surface area contributed by atoms with Crippen LogP contribution < -0.4 is 11.1 Å². The van der Waals surface area contributed by atoms with Crippen LogP contribution >= 0.6 is 0 Å². The van der Waals surface area contributed by atoms with Gasteiger partial charge < -0.3 is 16.2 Å². The molecule has 0 bridgehead atoms. The van der Waals surface area contributed by atoms with Gasteiger partial charge in [-0.25, -0.2) is 9.97 Å². The zero-order chi connectivity index (χ0) is 13.8. The second-order valence-electron chi connectivity index (χ2n) is 4.44. The molecule has 0 saturated heterocycles. The van der Waals surface area contributed by atoms with Crippen LogP contribution in [0.15, 0.2) is 30.3 Å². The molecule has 4 N–H and O–H groups in total. The Bertz CT molecular complexity index is 557. The van der Waals surface area contributed by atoms with Crippen molar-refractivity contribution in [3.05, 3.63) is 47.3 Å². The molecule has 0 aliphatic carbocycles. The molecular formula is C14H18N4O. The zero-order valence-electron chi connectivity index (χ0n) is 11.1. The Hall–Kier alpha value is -2.14. The molecule has 1 aromatic heterocycles. The van der Waals surface area contributed by atoms with E-state index in [0.29, 0.717) is 24.0 Å². The lowest BCUT2D eigenvalue weighted by atomic mass is 10.1. The molecule has 2 aromatic rings. The van der Waals surface area contributed by atoms with Crippen LogP contribution in [0.3, 0.4) is 0 Å². The van der Waals surface area contributed by atoms with E-state index in [0.717, 1.165) is 11.1 Å². The Morgan fingerprint density at radius 2 is 1.89 bits per heavy atom. The van der Waals surface area contributed by atoms with E-state index in [1.165, 1.54) is 0 Å². The van der Waals surface area contributed by atoms with Crippen molar-refractivity contribution in [2.75, 3.05) is 17.6 Å². The number of anilines is 2. The molecule has 1 unspecified atom stereocenters. The van der Waals surface area contributed by atoms with Gasteiger partial charge in [0.25, 0.3) is 0 Å². The fourth-order valence-corrected chi connectivity index (χ4v) is 1.81. The third-order valence-electron chi connectivity index (χ3n) is 2.94. The number of hydrogen-bond acceptors (Lipinski definition) is 5. The molecule has 19 heavy (non-hydrogen) atoms. The van der Waals surface area contributed by atoms with E-state index in [2.05, 4.69) is 15.3 Å². The van der Waals surface area contributed by atoms with Crippen molar-refractivity contribution < 1.29 is 5.11 Å². The van der Waals surface area contributed by atoms with Crippen LogP contribution in [0.4, 0.5) is 11.6 Å². The average molecular weight is 258 g/mol. The number of aryl methyl sites for hydroxylation is 1. The summed E-state index contributed by atoms with van der Waals surface area (Å²) in [6.07, 6.45) is -0.586. The minimum atomic E-state index is -0.586. The van der Waals surface area contributed by atoms with Crippen LogP contribution in [0, 0.1) is 13.8 Å². The quantitative estimate of drug-likeness (QED) is 0.779. The number of benzene rings is 1. The fraction of sp³-hybridized carbons (Fsp3) is 0.286. The maximum atomic E-state index is 10.1. The van der Waals surface area contributed by atoms with Gasteiger partial charge in [-0.1, -0.05) is 30.3 Å². The predicted molar refractivity (Wildman–Crippen MR) is 75.8 cm³/mol. The second kappa shape index (κ2) is 5.67. The summed E-state index contributed by atoms with van der Waals surface area (Å²) in [5.74, 6) is 1.74. The molecule has 0 spiro atoms. The van der Waals surface area contributed by atoms with E-state index in [-0.39, 0.29) is 0 Å². The maximum Gasteiger partial charge on any atom is 0.134 e. The Labute approximate surface area is 112 Å². The third-order valence-corrected chi connectivity index (χ3v) is 2.94. The van der Waals surface area contributed by atoms with Crippen molar-refractivity contribution >= 4 is 11.6 Å². The van der Waals surface area contributed by atoms with E-state index in [1.807, 2.05) is 37.3 Å². The Morgan fingerprint density at radius 3 is 2.58 bits per heavy atom. The summed E-state index contributed by atoms with van der Waals surface area (Å²) in [4.78, 5) is 8.37. The van der Waals surface area contributed by atoms with Gasteiger partial charge in [0.1, 0.15) is 17.5 Å². The molecule has 1 atom stereocenters. The summed E-state index contributed by atoms with van der Waals surface area (Å²) in [5, 5.41) is 13.2. The van der Waals surface area contributed by atoms with Gasteiger partial charge in [0.15, 0.2) is 0 Å². The summed E-state index contributed by atoms with van der Waals surface area (Å²) < 4.78 is 0. The third kappa shape index (κ3) is 3.20. The highest BCUT2D eigenvalue weighted by atomic mass is 16.3. The lowest BCUT2D eigenvalue weighted by Gasteiger charge is -2.15. The lowest BCUT2D eigenvalue weighted by molar-refractivity contribution is 0.191. The van der Waals surface area contributed by atoms with Crippen LogP contribution in [0.1, 0.15) is 23.1 Å². The maximum absolute atomic E-state index is 10.1. The second-order valence-corrected chi connectivity index (χ2v) is 4.44. The molecular weight excluding hydrogens is 240 g/mol. The summed E-state index contributed by atoms with van der Waals surface area (Å²) in [6, 6.07) is 9.49. The van der Waals surface area contributed by atoms with Crippen molar-refractivity contribution in [3.63, 3.8) is 0 Å². The van der Waals surface area contributed by atoms with Crippen LogP contribution in [0.2, 0.25) is 0 Å². The van der Waals surface area contributed by atoms with Crippen LogP contribution in [-0.4, -0.2) is 21.6 Å². The number of nitrogens with two attached hydrogens (primary N) is 1. The Balaban J connectivity index is 2.07. The van der Waals surface area contributed by atoms with Gasteiger partial charge in [-0.15, -0.1) is 0 Å². The highest BCUT2D eigenvalue weighted by molar-refractivity contribution is 5.54. The van der Waals surface area contributed by atoms with Gasteiger partial charge in [0.05, 0.1) is 6.10 Å². The molecule has 0 radical (unpaired) electrons. The van der Waals surface area contributed by atoms with Crippen LogP contribution in [-0.2, 0) is 0 Å². The standard InChI is InChI=1S/C14H18N4O/c1-9-13(15)17-10(2)18-14(9)16-8-12(19)11-6-4-3-5-7-11/h3-7,12,19H,8H2,1-2H3,(H3,15,16,17,18). The Kier molecular flexibility index (Phi) is 3.97. The van der Waals surface area contributed by atoms with Crippen molar-refractivity contribution in [2.24, 2.45) is 0 Å². The van der Waals surface area contributed by atoms with Crippen LogP contribution in [0.5, 0.6) is 0 Å². The number of nitrogens with one attached hydrogen (secondary N) is 1. The van der Waals surface area contributed by atoms with Crippen molar-refractivity contribution in [2.45, 2.75) is 20.0 Å². The summed E-state index contributed by atoms with van der Waals surface area (Å²) in [6.45, 7) is 4.02. The average Bonchev–Trinajstić information content (AvgIpc) is 2.41. The first-order valence-corrected chi connectivity index (χ1v) is 6.15. The van der Waals surface area contributed by atoms with Crippen molar-refractivity contribution in [1.29, 1.82) is 0 Å². The zero-order valence-corrected chi connectivity index (χ0v) is 11.1. The topological polar surface area (TPSA) is 84.1 Å². The summed E-state index contributed by atoms with van der Waals surface area (Å²) >= 11 is 0. The molecule has 5 heteroatoms. The SMILES string of the molecule is Cc1nc(N)c(C)c(NCC(O)c2ccccc2)n1. The molecule has 100 valence electrons. The largest absolute Gasteiger partial charge is 0.387 e. The predicted octanol–water partition coefficient (Wildman–Crippen LogP) is 1.82. The van der Waals surface area contributed by atoms with Gasteiger partial charge in [0, 0.05) is 12.1 Å². The number of aliphatic hydroxyl groups excluding tert-OH is 1. The van der Waals surface area contributed by atoms with E-state index in [9.17, 15) is 5.11 Å². The smallest absolute Gasteiger partial charge is 0.134 e. The molecule has 2 rings (SSSR count). The minimum absolute atomic E-state index is 0.376. The number of nitrogen functional groups attached to an aromatic ring is 1. The van der Waals surface area contributed by atoms with Crippen molar-refractivity contribution in [1.82, 2.24) is 9.97 Å². The first-order valence-electron chi connectivity index (χ1n) is 6.15. The van der Waals surface area contributed by atoms with Gasteiger partial charge in [-0.05, 0) is 19.4 Å². The van der Waals surface area contributed by atoms with Gasteiger partial charge >= 0.3 is 0 Å². The van der Waals surface area contributed by atoms with E-state index < -0.39 is 6.10 Å². The van der Waals surface area contributed by atoms with Gasteiger partial charge in [-0.2, -0.15) is 0 Å². The molecule has 0 fully saturated rings. The van der Waals surface area contributed by atoms with Crippen molar-refractivity contribution in [3.8, 4) is 0 Å². The highest BCUT2D eigenvalue weighted by Crippen LogP contribution is 2.19. The fourth-order valence-electron chi connectivity index (χ4n) is 1.81.